The number of rotatable bonds is 9. The zero-order valence-electron chi connectivity index (χ0n) is 22.7. The molecule has 0 saturated carbocycles. The smallest absolute Gasteiger partial charge is 0.322 e. The number of hydrogen-bond acceptors (Lipinski definition) is 9. The first-order valence-electron chi connectivity index (χ1n) is 12.6. The van der Waals surface area contributed by atoms with E-state index in [0.29, 0.717) is 24.7 Å². The lowest BCUT2D eigenvalue weighted by atomic mass is 9.99. The van der Waals surface area contributed by atoms with E-state index in [1.165, 1.54) is 4.68 Å². The van der Waals surface area contributed by atoms with Gasteiger partial charge in [-0.25, -0.2) is 9.97 Å². The van der Waals surface area contributed by atoms with Crippen molar-refractivity contribution in [1.82, 2.24) is 25.1 Å². The van der Waals surface area contributed by atoms with Crippen molar-refractivity contribution in [2.45, 2.75) is 58.5 Å². The minimum absolute atomic E-state index is 0.0150. The number of anilines is 2. The van der Waals surface area contributed by atoms with E-state index in [4.69, 9.17) is 10.8 Å². The van der Waals surface area contributed by atoms with E-state index in [1.54, 1.807) is 30.4 Å². The number of carbonyl (C=O) groups excluding carboxylic acids is 1. The van der Waals surface area contributed by atoms with E-state index >= 15 is 0 Å². The van der Waals surface area contributed by atoms with E-state index in [-0.39, 0.29) is 17.9 Å². The molecule has 12 heteroatoms. The average molecular weight is 551 g/mol. The highest BCUT2D eigenvalue weighted by Gasteiger charge is 2.42. The van der Waals surface area contributed by atoms with E-state index in [1.807, 2.05) is 38.1 Å². The third kappa shape index (κ3) is 6.82. The molecule has 3 aromatic rings. The van der Waals surface area contributed by atoms with Crippen LogP contribution in [0, 0.1) is 12.3 Å². The van der Waals surface area contributed by atoms with E-state index in [9.17, 15) is 9.59 Å². The Bertz CT molecular complexity index is 1410. The highest BCUT2D eigenvalue weighted by atomic mass is 32.2. The molecule has 0 saturated heterocycles. The van der Waals surface area contributed by atoms with Gasteiger partial charge in [0.15, 0.2) is 0 Å². The molecule has 2 aromatic heterocycles. The molecule has 1 aliphatic rings. The zero-order valence-corrected chi connectivity index (χ0v) is 23.5. The van der Waals surface area contributed by atoms with Gasteiger partial charge in [-0.2, -0.15) is 5.10 Å². The lowest BCUT2D eigenvalue weighted by Gasteiger charge is -2.24. The van der Waals surface area contributed by atoms with Gasteiger partial charge in [0.05, 0.1) is 35.7 Å². The van der Waals surface area contributed by atoms with E-state index in [2.05, 4.69) is 51.5 Å². The van der Waals surface area contributed by atoms with Crippen LogP contribution < -0.4 is 16.4 Å². The lowest BCUT2D eigenvalue weighted by molar-refractivity contribution is -0.138. The number of benzene rings is 1. The maximum absolute atomic E-state index is 13.0. The van der Waals surface area contributed by atoms with Crippen LogP contribution in [-0.4, -0.2) is 59.1 Å². The number of thioether (sulfide) groups is 1. The summed E-state index contributed by atoms with van der Waals surface area (Å²) in [6.07, 6.45) is 4.86. The number of carboxylic acid groups (broad SMARTS) is 1. The number of aliphatic imine (C=N–C) groups is 1. The van der Waals surface area contributed by atoms with Crippen molar-refractivity contribution in [3.63, 3.8) is 0 Å². The molecule has 206 valence electrons. The molecule has 0 aliphatic carbocycles. The van der Waals surface area contributed by atoms with Crippen molar-refractivity contribution in [3.8, 4) is 11.3 Å². The third-order valence-electron chi connectivity index (χ3n) is 6.29. The minimum atomic E-state index is -1.09. The van der Waals surface area contributed by atoms with Crippen LogP contribution in [0.2, 0.25) is 0 Å². The zero-order chi connectivity index (χ0) is 28.4. The summed E-state index contributed by atoms with van der Waals surface area (Å²) in [6.45, 7) is 11.2. The van der Waals surface area contributed by atoms with E-state index in [0.717, 1.165) is 27.4 Å². The van der Waals surface area contributed by atoms with Crippen molar-refractivity contribution in [2.24, 2.45) is 16.1 Å². The van der Waals surface area contributed by atoms with Crippen LogP contribution in [-0.2, 0) is 22.7 Å². The normalized spacial score (nSPS) is 17.9. The van der Waals surface area contributed by atoms with Gasteiger partial charge in [-0.15, -0.1) is 0 Å². The second kappa shape index (κ2) is 11.1. The summed E-state index contributed by atoms with van der Waals surface area (Å²) in [6, 6.07) is 6.78. The number of nitrogens with two attached hydrogens (primary N) is 1. The summed E-state index contributed by atoms with van der Waals surface area (Å²) in [5.41, 5.74) is 9.82. The van der Waals surface area contributed by atoms with Crippen molar-refractivity contribution in [2.75, 3.05) is 11.9 Å². The summed E-state index contributed by atoms with van der Waals surface area (Å²) in [4.78, 5) is 37.5. The molecule has 2 atom stereocenters. The molecule has 5 N–H and O–H groups in total. The van der Waals surface area contributed by atoms with Crippen molar-refractivity contribution in [1.29, 1.82) is 0 Å². The van der Waals surface area contributed by atoms with Crippen LogP contribution in [0.1, 0.15) is 38.8 Å². The molecule has 1 amide bonds. The van der Waals surface area contributed by atoms with Crippen LogP contribution >= 0.6 is 11.8 Å². The molecular weight excluding hydrogens is 516 g/mol. The number of carboxylic acids is 1. The molecule has 11 nitrogen and oxygen atoms in total. The van der Waals surface area contributed by atoms with Crippen LogP contribution in [0.15, 0.2) is 47.8 Å². The fourth-order valence-corrected chi connectivity index (χ4v) is 5.10. The van der Waals surface area contributed by atoms with Gasteiger partial charge in [0.2, 0.25) is 11.9 Å². The minimum Gasteiger partial charge on any atom is -0.480 e. The number of hydrogen-bond donors (Lipinski definition) is 4. The van der Waals surface area contributed by atoms with Gasteiger partial charge in [0.1, 0.15) is 10.8 Å². The Kier molecular flexibility index (Phi) is 8.07. The number of amides is 1. The lowest BCUT2D eigenvalue weighted by Crippen LogP contribution is -2.43. The number of aryl methyl sites for hydroxylation is 1. The SMILES string of the molecule is Cc1cc(-c2ccnc(Nc3cnn(C[C@H](N)C(=O)O)c3)n2)ccc1CNC(=O)C1(C)CN=C(C(C)(C)C)S1. The number of carbonyl (C=O) groups is 2. The Morgan fingerprint density at radius 1 is 1.28 bits per heavy atom. The Balaban J connectivity index is 1.38. The standard InChI is InChI=1S/C27H34N8O3S/c1-16-10-17(6-7-18(16)11-30-23(38)27(5)15-31-24(39-27)26(2,3)4)21-8-9-29-25(34-21)33-19-12-32-35(13-19)14-20(28)22(36)37/h6-10,12-13,20H,11,14-15,28H2,1-5H3,(H,30,38)(H,36,37)(H,29,33,34)/t20-,27?/m0/s1. The first-order chi connectivity index (χ1) is 18.3. The molecule has 1 unspecified atom stereocenters. The molecule has 1 aromatic carbocycles. The fourth-order valence-electron chi connectivity index (χ4n) is 3.94. The number of aromatic nitrogens is 4. The van der Waals surface area contributed by atoms with E-state index < -0.39 is 16.8 Å². The maximum Gasteiger partial charge on any atom is 0.322 e. The summed E-state index contributed by atoms with van der Waals surface area (Å²) in [5, 5.41) is 20.3. The molecule has 0 spiro atoms. The highest BCUT2D eigenvalue weighted by Crippen LogP contribution is 2.39. The molecule has 39 heavy (non-hydrogen) atoms. The molecule has 0 radical (unpaired) electrons. The summed E-state index contributed by atoms with van der Waals surface area (Å²) in [7, 11) is 0. The fraction of sp³-hybridized carbons (Fsp3) is 0.407. The predicted molar refractivity (Wildman–Crippen MR) is 153 cm³/mol. The summed E-state index contributed by atoms with van der Waals surface area (Å²) in [5.74, 6) is -0.729. The quantitative estimate of drug-likeness (QED) is 0.313. The molecule has 0 bridgehead atoms. The predicted octanol–water partition coefficient (Wildman–Crippen LogP) is 3.37. The largest absolute Gasteiger partial charge is 0.480 e. The second-order valence-electron chi connectivity index (χ2n) is 10.8. The molecule has 3 heterocycles. The third-order valence-corrected chi connectivity index (χ3v) is 7.99. The van der Waals surface area contributed by atoms with Crippen LogP contribution in [0.5, 0.6) is 0 Å². The molecular formula is C27H34N8O3S. The van der Waals surface area contributed by atoms with Gasteiger partial charge in [-0.3, -0.25) is 19.3 Å². The Morgan fingerprint density at radius 2 is 2.05 bits per heavy atom. The van der Waals surface area contributed by atoms with Crippen LogP contribution in [0.4, 0.5) is 11.6 Å². The van der Waals surface area contributed by atoms with Gasteiger partial charge in [0, 0.05) is 29.9 Å². The first-order valence-corrected chi connectivity index (χ1v) is 13.4. The second-order valence-corrected chi connectivity index (χ2v) is 12.3. The first kappa shape index (κ1) is 28.2. The Hall–Kier alpha value is -3.77. The summed E-state index contributed by atoms with van der Waals surface area (Å²) < 4.78 is 0.855. The van der Waals surface area contributed by atoms with Gasteiger partial charge >= 0.3 is 5.97 Å². The Labute approximate surface area is 231 Å². The van der Waals surface area contributed by atoms with Gasteiger partial charge in [-0.1, -0.05) is 44.7 Å². The Morgan fingerprint density at radius 3 is 2.72 bits per heavy atom. The molecule has 0 fully saturated rings. The highest BCUT2D eigenvalue weighted by molar-refractivity contribution is 8.16. The number of nitrogens with one attached hydrogen (secondary N) is 2. The van der Waals surface area contributed by atoms with Crippen molar-refractivity contribution < 1.29 is 14.7 Å². The van der Waals surface area contributed by atoms with Crippen LogP contribution in [0.25, 0.3) is 11.3 Å². The van der Waals surface area contributed by atoms with Gasteiger partial charge in [0.25, 0.3) is 0 Å². The van der Waals surface area contributed by atoms with Crippen molar-refractivity contribution in [3.05, 3.63) is 54.0 Å². The monoisotopic (exact) mass is 550 g/mol. The topological polar surface area (TPSA) is 160 Å². The molecule has 4 rings (SSSR count). The average Bonchev–Trinajstić information content (AvgIpc) is 3.50. The molecule has 1 aliphatic heterocycles. The maximum atomic E-state index is 13.0. The van der Waals surface area contributed by atoms with Crippen molar-refractivity contribution >= 4 is 40.3 Å². The number of aliphatic carboxylic acids is 1. The number of nitrogens with zero attached hydrogens (tertiary/aromatic N) is 5. The van der Waals surface area contributed by atoms with Gasteiger partial charge < -0.3 is 21.5 Å². The van der Waals surface area contributed by atoms with Gasteiger partial charge in [-0.05, 0) is 37.1 Å². The summed E-state index contributed by atoms with van der Waals surface area (Å²) >= 11 is 1.56. The van der Waals surface area contributed by atoms with Crippen LogP contribution in [0.3, 0.4) is 0 Å².